The molecular weight excluding hydrogens is 290 g/mol. The lowest BCUT2D eigenvalue weighted by Gasteiger charge is -2.12. The van der Waals surface area contributed by atoms with E-state index in [2.05, 4.69) is 4.72 Å². The molecule has 7 heteroatoms. The van der Waals surface area contributed by atoms with Gasteiger partial charge in [-0.1, -0.05) is 11.6 Å². The van der Waals surface area contributed by atoms with Gasteiger partial charge >= 0.3 is 0 Å². The largest absolute Gasteiger partial charge is 0.495 e. The molecule has 0 radical (unpaired) electrons. The second-order valence-electron chi connectivity index (χ2n) is 4.28. The molecule has 1 aromatic rings. The summed E-state index contributed by atoms with van der Waals surface area (Å²) in [5.41, 5.74) is 0. The van der Waals surface area contributed by atoms with Gasteiger partial charge in [0, 0.05) is 19.2 Å². The van der Waals surface area contributed by atoms with Crippen LogP contribution in [0.1, 0.15) is 12.8 Å². The van der Waals surface area contributed by atoms with E-state index in [-0.39, 0.29) is 17.5 Å². The summed E-state index contributed by atoms with van der Waals surface area (Å²) in [7, 11) is -2.12. The predicted molar refractivity (Wildman–Crippen MR) is 72.2 cm³/mol. The van der Waals surface area contributed by atoms with Crippen LogP contribution >= 0.6 is 11.6 Å². The number of ether oxygens (including phenoxy) is 2. The number of rotatable bonds is 5. The summed E-state index contributed by atoms with van der Waals surface area (Å²) in [4.78, 5) is 0.131. The second kappa shape index (κ2) is 6.09. The van der Waals surface area contributed by atoms with Crippen LogP contribution in [0.15, 0.2) is 23.1 Å². The van der Waals surface area contributed by atoms with Crippen LogP contribution in [0.5, 0.6) is 5.75 Å². The van der Waals surface area contributed by atoms with E-state index in [9.17, 15) is 8.42 Å². The molecule has 2 rings (SSSR count). The number of methoxy groups -OCH3 is 1. The van der Waals surface area contributed by atoms with Crippen LogP contribution in [0.3, 0.4) is 0 Å². The van der Waals surface area contributed by atoms with Crippen molar-refractivity contribution < 1.29 is 17.9 Å². The van der Waals surface area contributed by atoms with Gasteiger partial charge in [0.15, 0.2) is 0 Å². The number of benzene rings is 1. The van der Waals surface area contributed by atoms with E-state index in [0.717, 1.165) is 12.8 Å². The molecule has 19 heavy (non-hydrogen) atoms. The molecule has 1 saturated heterocycles. The quantitative estimate of drug-likeness (QED) is 0.901. The highest BCUT2D eigenvalue weighted by molar-refractivity contribution is 7.89. The summed E-state index contributed by atoms with van der Waals surface area (Å²) in [6.07, 6.45) is 1.82. The number of hydrogen-bond donors (Lipinski definition) is 1. The summed E-state index contributed by atoms with van der Waals surface area (Å²) in [6.45, 7) is 0.981. The highest BCUT2D eigenvalue weighted by Gasteiger charge is 2.21. The van der Waals surface area contributed by atoms with Crippen molar-refractivity contribution >= 4 is 21.6 Å². The van der Waals surface area contributed by atoms with E-state index in [1.807, 2.05) is 0 Å². The van der Waals surface area contributed by atoms with E-state index < -0.39 is 10.0 Å². The maximum atomic E-state index is 12.1. The Morgan fingerprint density at radius 1 is 1.53 bits per heavy atom. The van der Waals surface area contributed by atoms with Gasteiger partial charge in [0.2, 0.25) is 10.0 Å². The van der Waals surface area contributed by atoms with Crippen molar-refractivity contribution in [3.63, 3.8) is 0 Å². The summed E-state index contributed by atoms with van der Waals surface area (Å²) >= 11 is 5.87. The Morgan fingerprint density at radius 2 is 2.32 bits per heavy atom. The van der Waals surface area contributed by atoms with Gasteiger partial charge in [-0.2, -0.15) is 0 Å². The first kappa shape index (κ1) is 14.6. The van der Waals surface area contributed by atoms with Gasteiger partial charge in [-0.3, -0.25) is 0 Å². The third-order valence-electron chi connectivity index (χ3n) is 2.96. The standard InChI is InChI=1S/C12H16ClNO4S/c1-17-12-7-10(4-5-11(12)13)19(15,16)14-8-9-3-2-6-18-9/h4-5,7,9,14H,2-3,6,8H2,1H3/t9-/m0/s1. The molecule has 5 nitrogen and oxygen atoms in total. The highest BCUT2D eigenvalue weighted by Crippen LogP contribution is 2.27. The molecule has 1 aliphatic rings. The van der Waals surface area contributed by atoms with Crippen molar-refractivity contribution in [2.45, 2.75) is 23.8 Å². The van der Waals surface area contributed by atoms with Crippen LogP contribution in [-0.4, -0.2) is 34.8 Å². The molecule has 1 aromatic carbocycles. The van der Waals surface area contributed by atoms with E-state index in [4.69, 9.17) is 21.1 Å². The Labute approximate surface area is 117 Å². The summed E-state index contributed by atoms with van der Waals surface area (Å²) in [6, 6.07) is 4.35. The van der Waals surface area contributed by atoms with Gasteiger partial charge in [-0.15, -0.1) is 0 Å². The van der Waals surface area contributed by atoms with Crippen LogP contribution < -0.4 is 9.46 Å². The molecule has 0 amide bonds. The maximum absolute atomic E-state index is 12.1. The van der Waals surface area contributed by atoms with E-state index in [1.165, 1.54) is 25.3 Å². The summed E-state index contributed by atoms with van der Waals surface area (Å²) < 4.78 is 37.1. The van der Waals surface area contributed by atoms with Crippen molar-refractivity contribution in [3.05, 3.63) is 23.2 Å². The molecule has 1 aliphatic heterocycles. The van der Waals surface area contributed by atoms with E-state index in [0.29, 0.717) is 17.4 Å². The minimum atomic E-state index is -3.57. The minimum Gasteiger partial charge on any atom is -0.495 e. The molecule has 0 aliphatic carbocycles. The third kappa shape index (κ3) is 3.60. The average molecular weight is 306 g/mol. The molecule has 1 heterocycles. The Kier molecular flexibility index (Phi) is 4.67. The second-order valence-corrected chi connectivity index (χ2v) is 6.46. The van der Waals surface area contributed by atoms with Crippen molar-refractivity contribution in [3.8, 4) is 5.75 Å². The lowest BCUT2D eigenvalue weighted by atomic mass is 10.2. The van der Waals surface area contributed by atoms with Crippen molar-refractivity contribution in [2.75, 3.05) is 20.3 Å². The number of hydrogen-bond acceptors (Lipinski definition) is 4. The minimum absolute atomic E-state index is 0.0380. The lowest BCUT2D eigenvalue weighted by Crippen LogP contribution is -2.31. The molecular formula is C12H16ClNO4S. The molecule has 0 aromatic heterocycles. The molecule has 0 spiro atoms. The fourth-order valence-corrected chi connectivity index (χ4v) is 3.17. The molecule has 1 atom stereocenters. The van der Waals surface area contributed by atoms with Crippen molar-refractivity contribution in [2.24, 2.45) is 0 Å². The van der Waals surface area contributed by atoms with E-state index >= 15 is 0 Å². The van der Waals surface area contributed by atoms with E-state index in [1.54, 1.807) is 0 Å². The molecule has 0 unspecified atom stereocenters. The lowest BCUT2D eigenvalue weighted by molar-refractivity contribution is 0.114. The van der Waals surface area contributed by atoms with Gasteiger partial charge in [-0.05, 0) is 25.0 Å². The zero-order chi connectivity index (χ0) is 13.9. The fraction of sp³-hybridized carbons (Fsp3) is 0.500. The average Bonchev–Trinajstić information content (AvgIpc) is 2.90. The van der Waals surface area contributed by atoms with Crippen LogP contribution in [0.4, 0.5) is 0 Å². The highest BCUT2D eigenvalue weighted by atomic mass is 35.5. The molecule has 0 saturated carbocycles. The SMILES string of the molecule is COc1cc(S(=O)(=O)NC[C@@H]2CCCO2)ccc1Cl. The first-order valence-electron chi connectivity index (χ1n) is 5.98. The van der Waals surface area contributed by atoms with Crippen LogP contribution in [-0.2, 0) is 14.8 Å². The smallest absolute Gasteiger partial charge is 0.240 e. The van der Waals surface area contributed by atoms with Crippen molar-refractivity contribution in [1.82, 2.24) is 4.72 Å². The topological polar surface area (TPSA) is 64.6 Å². The first-order chi connectivity index (χ1) is 9.03. The fourth-order valence-electron chi connectivity index (χ4n) is 1.90. The van der Waals surface area contributed by atoms with Gasteiger partial charge in [0.25, 0.3) is 0 Å². The summed E-state index contributed by atoms with van der Waals surface area (Å²) in [5, 5.41) is 0.376. The predicted octanol–water partition coefficient (Wildman–Crippen LogP) is 1.81. The number of halogens is 1. The van der Waals surface area contributed by atoms with Crippen LogP contribution in [0, 0.1) is 0 Å². The zero-order valence-corrected chi connectivity index (χ0v) is 12.1. The van der Waals surface area contributed by atoms with Crippen LogP contribution in [0.25, 0.3) is 0 Å². The normalized spacial score (nSPS) is 19.6. The number of sulfonamides is 1. The molecule has 0 bridgehead atoms. The van der Waals surface area contributed by atoms with Crippen molar-refractivity contribution in [1.29, 1.82) is 0 Å². The first-order valence-corrected chi connectivity index (χ1v) is 7.84. The van der Waals surface area contributed by atoms with Gasteiger partial charge in [-0.25, -0.2) is 13.1 Å². The molecule has 106 valence electrons. The Hall–Kier alpha value is -0.820. The molecule has 1 N–H and O–H groups in total. The summed E-state index contributed by atoms with van der Waals surface area (Å²) in [5.74, 6) is 0.335. The van der Waals surface area contributed by atoms with Gasteiger partial charge in [0.1, 0.15) is 5.75 Å². The molecule has 1 fully saturated rings. The third-order valence-corrected chi connectivity index (χ3v) is 4.69. The monoisotopic (exact) mass is 305 g/mol. The Morgan fingerprint density at radius 3 is 2.95 bits per heavy atom. The maximum Gasteiger partial charge on any atom is 0.240 e. The van der Waals surface area contributed by atoms with Crippen LogP contribution in [0.2, 0.25) is 5.02 Å². The zero-order valence-electron chi connectivity index (χ0n) is 10.6. The van der Waals surface area contributed by atoms with Gasteiger partial charge in [0.05, 0.1) is 23.1 Å². The Balaban J connectivity index is 2.10. The number of nitrogens with one attached hydrogen (secondary N) is 1. The Bertz CT molecular complexity index is 541. The van der Waals surface area contributed by atoms with Gasteiger partial charge < -0.3 is 9.47 Å².